The van der Waals surface area contributed by atoms with E-state index in [9.17, 15) is 29.7 Å². The number of Topliss-reactive ketones (excluding diaryl/α,β-unsaturated/α-hetero) is 1. The molecule has 1 aliphatic carbocycles. The van der Waals surface area contributed by atoms with Gasteiger partial charge in [-0.15, -0.1) is 0 Å². The number of carbonyl (C=O) groups excluding carboxylic acids is 3. The van der Waals surface area contributed by atoms with Crippen LogP contribution in [-0.2, 0) is 0 Å². The van der Waals surface area contributed by atoms with Gasteiger partial charge in [0.05, 0.1) is 18.2 Å². The summed E-state index contributed by atoms with van der Waals surface area (Å²) >= 11 is 0. The summed E-state index contributed by atoms with van der Waals surface area (Å²) in [4.78, 5) is 37.9. The monoisotopic (exact) mass is 394 g/mol. The Morgan fingerprint density at radius 3 is 2.10 bits per heavy atom. The van der Waals surface area contributed by atoms with E-state index < -0.39 is 52.5 Å². The molecule has 0 atom stereocenters. The van der Waals surface area contributed by atoms with Crippen LogP contribution in [0.25, 0.3) is 10.8 Å². The molecule has 8 heteroatoms. The number of rotatable bonds is 3. The highest BCUT2D eigenvalue weighted by molar-refractivity contribution is 6.32. The Hall–Kier alpha value is -3.91. The maximum atomic E-state index is 13.1. The summed E-state index contributed by atoms with van der Waals surface area (Å²) in [6.45, 7) is -0.669. The first-order valence-corrected chi connectivity index (χ1v) is 8.46. The summed E-state index contributed by atoms with van der Waals surface area (Å²) in [5.41, 5.74) is -0.590. The molecule has 146 valence electrons. The topological polar surface area (TPSA) is 141 Å². The van der Waals surface area contributed by atoms with Crippen molar-refractivity contribution in [1.82, 2.24) is 0 Å². The lowest BCUT2D eigenvalue weighted by atomic mass is 9.81. The number of hydrogen-bond acceptors (Lipinski definition) is 8. The molecule has 4 N–H and O–H groups in total. The first kappa shape index (κ1) is 18.5. The first-order valence-electron chi connectivity index (χ1n) is 8.46. The van der Waals surface area contributed by atoms with Gasteiger partial charge in [0, 0.05) is 16.7 Å². The third kappa shape index (κ3) is 2.46. The highest BCUT2D eigenvalue weighted by Gasteiger charge is 2.38. The van der Waals surface area contributed by atoms with E-state index >= 15 is 0 Å². The normalized spacial score (nSPS) is 12.6. The van der Waals surface area contributed by atoms with Gasteiger partial charge in [0.1, 0.15) is 6.61 Å². The van der Waals surface area contributed by atoms with Crippen LogP contribution < -0.4 is 4.74 Å². The van der Waals surface area contributed by atoms with Gasteiger partial charge in [0.2, 0.25) is 11.5 Å². The number of benzene rings is 3. The van der Waals surface area contributed by atoms with Crippen LogP contribution in [0.1, 0.15) is 42.2 Å². The van der Waals surface area contributed by atoms with E-state index in [1.165, 1.54) is 24.3 Å². The molecule has 0 saturated heterocycles. The first-order chi connectivity index (χ1) is 13.8. The van der Waals surface area contributed by atoms with Crippen molar-refractivity contribution in [3.63, 3.8) is 0 Å². The molecule has 3 aromatic carbocycles. The summed E-state index contributed by atoms with van der Waals surface area (Å²) in [5.74, 6) is -5.07. The number of fused-ring (bicyclic) bond motifs is 3. The molecule has 0 fully saturated rings. The Bertz CT molecular complexity index is 1260. The smallest absolute Gasteiger partial charge is 0.205 e. The zero-order valence-electron chi connectivity index (χ0n) is 15.0. The number of carbonyl (C=O) groups is 3. The predicted molar refractivity (Wildman–Crippen MR) is 100 cm³/mol. The maximum absolute atomic E-state index is 13.1. The summed E-state index contributed by atoms with van der Waals surface area (Å²) < 4.78 is 5.00. The van der Waals surface area contributed by atoms with Crippen molar-refractivity contribution in [1.29, 1.82) is 0 Å². The van der Waals surface area contributed by atoms with Crippen molar-refractivity contribution in [2.24, 2.45) is 0 Å². The minimum Gasteiger partial charge on any atom is -0.504 e. The fraction of sp³-hybridized carbons (Fsp3) is 0.0952. The van der Waals surface area contributed by atoms with Crippen molar-refractivity contribution < 1.29 is 39.5 Å². The lowest BCUT2D eigenvalue weighted by Crippen LogP contribution is -2.22. The molecule has 0 bridgehead atoms. The van der Waals surface area contributed by atoms with Crippen molar-refractivity contribution in [2.75, 3.05) is 13.7 Å². The van der Waals surface area contributed by atoms with Crippen LogP contribution in [-0.4, -0.2) is 51.5 Å². The standard InChI is InChI=1S/C21H14O8/c1-29-21-15-14(18(26)19(27)20(21)28)16(24)12-6-10-4-9(13(23)7-22)3-2-8(10)5-11(12)17(15)25/h2-6,22,26-28H,7H2,1H3. The second-order valence-electron chi connectivity index (χ2n) is 6.53. The molecule has 0 spiro atoms. The summed E-state index contributed by atoms with van der Waals surface area (Å²) in [5, 5.41) is 40.2. The zero-order valence-corrected chi connectivity index (χ0v) is 15.0. The molecule has 3 aromatic rings. The molecule has 0 aliphatic heterocycles. The Kier molecular flexibility index (Phi) is 4.02. The van der Waals surface area contributed by atoms with Crippen LogP contribution in [0.2, 0.25) is 0 Å². The van der Waals surface area contributed by atoms with E-state index in [-0.39, 0.29) is 22.3 Å². The van der Waals surface area contributed by atoms with Gasteiger partial charge >= 0.3 is 0 Å². The number of hydrogen-bond donors (Lipinski definition) is 4. The van der Waals surface area contributed by atoms with Gasteiger partial charge < -0.3 is 25.2 Å². The van der Waals surface area contributed by atoms with E-state index in [1.807, 2.05) is 0 Å². The van der Waals surface area contributed by atoms with E-state index in [4.69, 9.17) is 9.84 Å². The van der Waals surface area contributed by atoms with Gasteiger partial charge in [0.25, 0.3) is 0 Å². The van der Waals surface area contributed by atoms with Gasteiger partial charge in [-0.05, 0) is 29.0 Å². The number of methoxy groups -OCH3 is 1. The molecule has 0 unspecified atom stereocenters. The third-order valence-electron chi connectivity index (χ3n) is 4.97. The van der Waals surface area contributed by atoms with Gasteiger partial charge in [-0.1, -0.05) is 12.1 Å². The third-order valence-corrected chi connectivity index (χ3v) is 4.97. The molecular weight excluding hydrogens is 380 g/mol. The van der Waals surface area contributed by atoms with Crippen molar-refractivity contribution in [3.8, 4) is 23.0 Å². The SMILES string of the molecule is COc1c(O)c(O)c(O)c2c1C(=O)c1cc3ccc(C(=O)CO)cc3cc1C2=O. The molecule has 0 heterocycles. The van der Waals surface area contributed by atoms with Gasteiger partial charge in [-0.3, -0.25) is 14.4 Å². The van der Waals surface area contributed by atoms with Crippen LogP contribution >= 0.6 is 0 Å². The van der Waals surface area contributed by atoms with Gasteiger partial charge in [0.15, 0.2) is 28.8 Å². The second-order valence-corrected chi connectivity index (χ2v) is 6.53. The Balaban J connectivity index is 2.02. The fourth-order valence-electron chi connectivity index (χ4n) is 3.53. The molecule has 0 radical (unpaired) electrons. The number of aliphatic hydroxyl groups excluding tert-OH is 1. The van der Waals surface area contributed by atoms with Crippen molar-refractivity contribution >= 4 is 28.1 Å². The van der Waals surface area contributed by atoms with Crippen molar-refractivity contribution in [3.05, 3.63) is 58.1 Å². The lowest BCUT2D eigenvalue weighted by Gasteiger charge is -2.22. The van der Waals surface area contributed by atoms with Crippen LogP contribution in [0.15, 0.2) is 30.3 Å². The summed E-state index contributed by atoms with van der Waals surface area (Å²) in [6, 6.07) is 7.41. The second kappa shape index (κ2) is 6.32. The highest BCUT2D eigenvalue weighted by Crippen LogP contribution is 2.50. The molecule has 29 heavy (non-hydrogen) atoms. The molecule has 8 nitrogen and oxygen atoms in total. The molecule has 1 aliphatic rings. The van der Waals surface area contributed by atoms with E-state index in [2.05, 4.69) is 0 Å². The summed E-state index contributed by atoms with van der Waals surface area (Å²) in [6.07, 6.45) is 0. The largest absolute Gasteiger partial charge is 0.504 e. The Labute approximate surface area is 163 Å². The molecule has 4 rings (SSSR count). The molecule has 0 aromatic heterocycles. The van der Waals surface area contributed by atoms with Gasteiger partial charge in [-0.2, -0.15) is 0 Å². The number of aromatic hydroxyl groups is 3. The van der Waals surface area contributed by atoms with Crippen molar-refractivity contribution in [2.45, 2.75) is 0 Å². The molecule has 0 saturated carbocycles. The van der Waals surface area contributed by atoms with Crippen LogP contribution in [0.5, 0.6) is 23.0 Å². The number of phenolic OH excluding ortho intramolecular Hbond substituents is 3. The van der Waals surface area contributed by atoms with Crippen LogP contribution in [0.3, 0.4) is 0 Å². The predicted octanol–water partition coefficient (Wildman–Crippen LogP) is 1.92. The molecule has 0 amide bonds. The fourth-order valence-corrected chi connectivity index (χ4v) is 3.53. The number of phenols is 3. The maximum Gasteiger partial charge on any atom is 0.205 e. The quantitative estimate of drug-likeness (QED) is 0.305. The van der Waals surface area contributed by atoms with E-state index in [0.717, 1.165) is 7.11 Å². The Morgan fingerprint density at radius 2 is 1.48 bits per heavy atom. The van der Waals surface area contributed by atoms with Gasteiger partial charge in [-0.25, -0.2) is 0 Å². The van der Waals surface area contributed by atoms with Crippen LogP contribution in [0.4, 0.5) is 0 Å². The van der Waals surface area contributed by atoms with E-state index in [1.54, 1.807) is 6.07 Å². The minimum absolute atomic E-state index is 0.0269. The average Bonchev–Trinajstić information content (AvgIpc) is 2.73. The number of aliphatic hydroxyl groups is 1. The van der Waals surface area contributed by atoms with Crippen LogP contribution in [0, 0.1) is 0 Å². The molecular formula is C21H14O8. The Morgan fingerprint density at radius 1 is 0.862 bits per heavy atom. The summed E-state index contributed by atoms with van der Waals surface area (Å²) in [7, 11) is 1.15. The number of ether oxygens (including phenoxy) is 1. The lowest BCUT2D eigenvalue weighted by molar-refractivity contribution is 0.0903. The minimum atomic E-state index is -0.971. The zero-order chi connectivity index (χ0) is 21.0. The average molecular weight is 394 g/mol. The van der Waals surface area contributed by atoms with E-state index in [0.29, 0.717) is 10.8 Å². The highest BCUT2D eigenvalue weighted by atomic mass is 16.5. The number of ketones is 3.